The molecule has 1 heteroatoms. The molecule has 2 aromatic carbocycles. The highest BCUT2D eigenvalue weighted by molar-refractivity contribution is 5.38. The summed E-state index contributed by atoms with van der Waals surface area (Å²) in [7, 11) is 0. The lowest BCUT2D eigenvalue weighted by Crippen LogP contribution is -2.25. The summed E-state index contributed by atoms with van der Waals surface area (Å²) in [6, 6.07) is 19.6. The predicted octanol–water partition coefficient (Wildman–Crippen LogP) is 3.96. The number of rotatable bonds is 3. The Bertz CT molecular complexity index is 394. The van der Waals surface area contributed by atoms with Crippen LogP contribution in [-0.2, 0) is 5.41 Å². The third-order valence-corrected chi connectivity index (χ3v) is 3.09. The molecule has 0 aliphatic rings. The summed E-state index contributed by atoms with van der Waals surface area (Å²) < 4.78 is 13.4. The Morgan fingerprint density at radius 2 is 1.19 bits per heavy atom. The minimum absolute atomic E-state index is 0.388. The first-order chi connectivity index (χ1) is 7.77. The molecule has 0 spiro atoms. The van der Waals surface area contributed by atoms with Crippen molar-refractivity contribution in [3.05, 3.63) is 71.8 Å². The summed E-state index contributed by atoms with van der Waals surface area (Å²) in [6.45, 7) is 1.55. The van der Waals surface area contributed by atoms with Crippen LogP contribution in [0.2, 0.25) is 0 Å². The molecule has 0 aliphatic carbocycles. The molecule has 0 amide bonds. The summed E-state index contributed by atoms with van der Waals surface area (Å²) in [5, 5.41) is 0. The number of hydrogen-bond acceptors (Lipinski definition) is 0. The molecule has 2 aromatic rings. The van der Waals surface area contributed by atoms with Crippen LogP contribution < -0.4 is 0 Å². The fraction of sp³-hybridized carbons (Fsp3) is 0.200. The molecule has 0 heterocycles. The largest absolute Gasteiger partial charge is 0.250 e. The molecule has 0 radical (unpaired) electrons. The fourth-order valence-electron chi connectivity index (χ4n) is 1.93. The molecule has 82 valence electrons. The van der Waals surface area contributed by atoms with E-state index in [4.69, 9.17) is 0 Å². The van der Waals surface area contributed by atoms with Crippen molar-refractivity contribution in [2.75, 3.05) is 6.67 Å². The second kappa shape index (κ2) is 4.48. The summed E-state index contributed by atoms with van der Waals surface area (Å²) >= 11 is 0. The molecular formula is C15H15F. The highest BCUT2D eigenvalue weighted by Crippen LogP contribution is 2.31. The quantitative estimate of drug-likeness (QED) is 0.725. The van der Waals surface area contributed by atoms with Crippen molar-refractivity contribution in [3.63, 3.8) is 0 Å². The standard InChI is InChI=1S/C15H15F/c1-15(12-16,13-8-4-2-5-9-13)14-10-6-3-7-11-14/h2-11H,12H2,1H3. The van der Waals surface area contributed by atoms with Crippen molar-refractivity contribution in [1.82, 2.24) is 0 Å². The molecule has 0 aromatic heterocycles. The average molecular weight is 214 g/mol. The van der Waals surface area contributed by atoms with Crippen LogP contribution in [0.4, 0.5) is 4.39 Å². The minimum Gasteiger partial charge on any atom is -0.250 e. The zero-order chi connectivity index (χ0) is 11.4. The van der Waals surface area contributed by atoms with Crippen LogP contribution >= 0.6 is 0 Å². The van der Waals surface area contributed by atoms with Crippen molar-refractivity contribution < 1.29 is 4.39 Å². The van der Waals surface area contributed by atoms with Gasteiger partial charge < -0.3 is 0 Å². The Kier molecular flexibility index (Phi) is 3.04. The number of alkyl halides is 1. The van der Waals surface area contributed by atoms with Gasteiger partial charge in [0.15, 0.2) is 0 Å². The van der Waals surface area contributed by atoms with E-state index in [0.717, 1.165) is 11.1 Å². The highest BCUT2D eigenvalue weighted by atomic mass is 19.1. The first-order valence-corrected chi connectivity index (χ1v) is 5.44. The van der Waals surface area contributed by atoms with E-state index in [1.807, 2.05) is 67.6 Å². The van der Waals surface area contributed by atoms with Crippen molar-refractivity contribution >= 4 is 0 Å². The van der Waals surface area contributed by atoms with Gasteiger partial charge in [0, 0.05) is 5.41 Å². The molecule has 0 fully saturated rings. The average Bonchev–Trinajstić information content (AvgIpc) is 2.40. The Morgan fingerprint density at radius 1 is 0.812 bits per heavy atom. The van der Waals surface area contributed by atoms with Gasteiger partial charge in [-0.1, -0.05) is 60.7 Å². The SMILES string of the molecule is CC(CF)(c1ccccc1)c1ccccc1. The van der Waals surface area contributed by atoms with Crippen LogP contribution in [-0.4, -0.2) is 6.67 Å². The van der Waals surface area contributed by atoms with Gasteiger partial charge in [0.25, 0.3) is 0 Å². The molecule has 0 saturated carbocycles. The molecule has 0 bridgehead atoms. The van der Waals surface area contributed by atoms with Gasteiger partial charge in [0.1, 0.15) is 6.67 Å². The molecule has 0 saturated heterocycles. The maximum Gasteiger partial charge on any atom is 0.103 e. The van der Waals surface area contributed by atoms with Gasteiger partial charge in [-0.25, -0.2) is 4.39 Å². The van der Waals surface area contributed by atoms with Gasteiger partial charge in [0.05, 0.1) is 0 Å². The lowest BCUT2D eigenvalue weighted by Gasteiger charge is -2.27. The molecule has 16 heavy (non-hydrogen) atoms. The minimum atomic E-state index is -0.539. The summed E-state index contributed by atoms with van der Waals surface area (Å²) in [5.41, 5.74) is 1.50. The topological polar surface area (TPSA) is 0 Å². The van der Waals surface area contributed by atoms with Gasteiger partial charge in [-0.3, -0.25) is 0 Å². The maximum atomic E-state index is 13.4. The fourth-order valence-corrected chi connectivity index (χ4v) is 1.93. The summed E-state index contributed by atoms with van der Waals surface area (Å²) in [6.07, 6.45) is 0. The summed E-state index contributed by atoms with van der Waals surface area (Å²) in [4.78, 5) is 0. The van der Waals surface area contributed by atoms with Crippen molar-refractivity contribution in [1.29, 1.82) is 0 Å². The van der Waals surface area contributed by atoms with E-state index in [1.54, 1.807) is 0 Å². The van der Waals surface area contributed by atoms with Crippen LogP contribution in [0, 0.1) is 0 Å². The van der Waals surface area contributed by atoms with Gasteiger partial charge in [-0.05, 0) is 18.1 Å². The second-order valence-corrected chi connectivity index (χ2v) is 4.20. The smallest absolute Gasteiger partial charge is 0.103 e. The lowest BCUT2D eigenvalue weighted by atomic mass is 9.77. The molecule has 0 unspecified atom stereocenters. The zero-order valence-electron chi connectivity index (χ0n) is 9.36. The number of halogens is 1. The van der Waals surface area contributed by atoms with E-state index in [0.29, 0.717) is 0 Å². The maximum absolute atomic E-state index is 13.4. The third-order valence-electron chi connectivity index (χ3n) is 3.09. The van der Waals surface area contributed by atoms with Gasteiger partial charge in [-0.2, -0.15) is 0 Å². The van der Waals surface area contributed by atoms with Crippen molar-refractivity contribution in [2.24, 2.45) is 0 Å². The van der Waals surface area contributed by atoms with Crippen molar-refractivity contribution in [2.45, 2.75) is 12.3 Å². The van der Waals surface area contributed by atoms with Crippen molar-refractivity contribution in [3.8, 4) is 0 Å². The predicted molar refractivity (Wildman–Crippen MR) is 65.3 cm³/mol. The Balaban J connectivity index is 2.49. The molecular weight excluding hydrogens is 199 g/mol. The second-order valence-electron chi connectivity index (χ2n) is 4.20. The number of hydrogen-bond donors (Lipinski definition) is 0. The normalized spacial score (nSPS) is 11.4. The first kappa shape index (κ1) is 10.9. The van der Waals surface area contributed by atoms with Crippen LogP contribution in [0.25, 0.3) is 0 Å². The Morgan fingerprint density at radius 3 is 1.50 bits per heavy atom. The third kappa shape index (κ3) is 1.85. The molecule has 0 atom stereocenters. The molecule has 2 rings (SSSR count). The monoisotopic (exact) mass is 214 g/mol. The highest BCUT2D eigenvalue weighted by Gasteiger charge is 2.28. The lowest BCUT2D eigenvalue weighted by molar-refractivity contribution is 0.373. The first-order valence-electron chi connectivity index (χ1n) is 5.44. The van der Waals surface area contributed by atoms with Gasteiger partial charge in [-0.15, -0.1) is 0 Å². The molecule has 0 N–H and O–H groups in total. The van der Waals surface area contributed by atoms with E-state index in [1.165, 1.54) is 0 Å². The van der Waals surface area contributed by atoms with Crippen LogP contribution in [0.3, 0.4) is 0 Å². The van der Waals surface area contributed by atoms with Crippen LogP contribution in [0.1, 0.15) is 18.1 Å². The van der Waals surface area contributed by atoms with Gasteiger partial charge >= 0.3 is 0 Å². The van der Waals surface area contributed by atoms with E-state index in [2.05, 4.69) is 0 Å². The molecule has 0 nitrogen and oxygen atoms in total. The van der Waals surface area contributed by atoms with E-state index in [-0.39, 0.29) is 6.67 Å². The zero-order valence-corrected chi connectivity index (χ0v) is 9.36. The van der Waals surface area contributed by atoms with E-state index >= 15 is 0 Å². The van der Waals surface area contributed by atoms with Gasteiger partial charge in [0.2, 0.25) is 0 Å². The Hall–Kier alpha value is -1.63. The van der Waals surface area contributed by atoms with E-state index in [9.17, 15) is 4.39 Å². The van der Waals surface area contributed by atoms with E-state index < -0.39 is 5.41 Å². The summed E-state index contributed by atoms with van der Waals surface area (Å²) in [5.74, 6) is 0. The van der Waals surface area contributed by atoms with Crippen LogP contribution in [0.15, 0.2) is 60.7 Å². The Labute approximate surface area is 95.7 Å². The molecule has 0 aliphatic heterocycles. The number of benzene rings is 2. The van der Waals surface area contributed by atoms with Crippen LogP contribution in [0.5, 0.6) is 0 Å².